The maximum Gasteiger partial charge on any atom is 0.328 e. The number of rotatable bonds is 7. The van der Waals surface area contributed by atoms with Crippen LogP contribution in [0.25, 0.3) is 0 Å². The number of aromatic hydroxyl groups is 1. The van der Waals surface area contributed by atoms with Crippen molar-refractivity contribution in [2.45, 2.75) is 56.4 Å². The summed E-state index contributed by atoms with van der Waals surface area (Å²) in [6, 6.07) is 5.43. The van der Waals surface area contributed by atoms with Crippen LogP contribution in [-0.4, -0.2) is 51.3 Å². The summed E-state index contributed by atoms with van der Waals surface area (Å²) in [7, 11) is 0. The maximum atomic E-state index is 11.7. The molecule has 1 aromatic carbocycles. The van der Waals surface area contributed by atoms with Crippen molar-refractivity contribution in [3.63, 3.8) is 0 Å². The molecule has 6 heteroatoms. The molecule has 150 valence electrons. The quantitative estimate of drug-likeness (QED) is 0.624. The van der Waals surface area contributed by atoms with Crippen molar-refractivity contribution in [1.82, 2.24) is 4.90 Å². The first-order valence-electron chi connectivity index (χ1n) is 10.1. The predicted molar refractivity (Wildman–Crippen MR) is 103 cm³/mol. The van der Waals surface area contributed by atoms with E-state index in [4.69, 9.17) is 5.11 Å². The van der Waals surface area contributed by atoms with Crippen molar-refractivity contribution in [1.29, 1.82) is 0 Å². The number of carbonyl (C=O) groups is 2. The van der Waals surface area contributed by atoms with Gasteiger partial charge in [0.25, 0.3) is 0 Å². The summed E-state index contributed by atoms with van der Waals surface area (Å²) in [6.07, 6.45) is 6.47. The van der Waals surface area contributed by atoms with Crippen LogP contribution in [0.5, 0.6) is 5.75 Å². The monoisotopic (exact) mass is 385 g/mol. The zero-order chi connectivity index (χ0) is 19.9. The summed E-state index contributed by atoms with van der Waals surface area (Å²) in [4.78, 5) is 25.2. The van der Waals surface area contributed by atoms with Gasteiger partial charge in [-0.1, -0.05) is 6.07 Å². The SMILES string of the molecule is O=C(O)C=C1[C@H]2Cc3ccc(O)cc3[C@]1(CCCC(=O)O)CCN2CC1CC1. The lowest BCUT2D eigenvalue weighted by atomic mass is 9.58. The molecule has 3 aliphatic rings. The van der Waals surface area contributed by atoms with E-state index in [1.807, 2.05) is 6.07 Å². The van der Waals surface area contributed by atoms with E-state index in [0.717, 1.165) is 42.6 Å². The summed E-state index contributed by atoms with van der Waals surface area (Å²) < 4.78 is 0. The molecule has 2 aliphatic carbocycles. The minimum absolute atomic E-state index is 0.0346. The summed E-state index contributed by atoms with van der Waals surface area (Å²) >= 11 is 0. The number of phenolic OH excluding ortho intramolecular Hbond substituents is 1. The number of hydrogen-bond donors (Lipinski definition) is 3. The lowest BCUT2D eigenvalue weighted by Gasteiger charge is -2.53. The summed E-state index contributed by atoms with van der Waals surface area (Å²) in [5, 5.41) is 28.8. The topological polar surface area (TPSA) is 98.1 Å². The van der Waals surface area contributed by atoms with Crippen molar-refractivity contribution in [2.24, 2.45) is 5.92 Å². The molecule has 0 amide bonds. The van der Waals surface area contributed by atoms with Gasteiger partial charge in [-0.05, 0) is 79.8 Å². The fourth-order valence-corrected chi connectivity index (χ4v) is 5.24. The van der Waals surface area contributed by atoms with E-state index in [0.29, 0.717) is 18.8 Å². The van der Waals surface area contributed by atoms with Crippen LogP contribution in [0.1, 0.15) is 49.7 Å². The van der Waals surface area contributed by atoms with Crippen LogP contribution in [-0.2, 0) is 21.4 Å². The Kier molecular flexibility index (Phi) is 4.91. The smallest absolute Gasteiger partial charge is 0.328 e. The minimum Gasteiger partial charge on any atom is -0.508 e. The van der Waals surface area contributed by atoms with Crippen LogP contribution >= 0.6 is 0 Å². The van der Waals surface area contributed by atoms with Gasteiger partial charge in [-0.15, -0.1) is 0 Å². The summed E-state index contributed by atoms with van der Waals surface area (Å²) in [5.41, 5.74) is 2.49. The van der Waals surface area contributed by atoms with Gasteiger partial charge >= 0.3 is 11.9 Å². The largest absolute Gasteiger partial charge is 0.508 e. The molecular formula is C22H27NO5. The van der Waals surface area contributed by atoms with Gasteiger partial charge in [0.2, 0.25) is 0 Å². The molecule has 0 spiro atoms. The standard InChI is InChI=1S/C22H27NO5/c24-16-6-5-15-10-19-18(12-21(27)28)22(17(15)11-16,7-1-2-20(25)26)8-9-23(19)13-14-3-4-14/h5-6,11-12,14,19,24H,1-4,7-10,13H2,(H,25,26)(H,27,28)/t19-,22+/m1/s1. The Labute approximate surface area is 164 Å². The molecule has 1 aromatic rings. The van der Waals surface area contributed by atoms with E-state index in [2.05, 4.69) is 4.90 Å². The number of likely N-dealkylation sites (tertiary alicyclic amines) is 1. The zero-order valence-corrected chi connectivity index (χ0v) is 15.9. The highest BCUT2D eigenvalue weighted by atomic mass is 16.4. The van der Waals surface area contributed by atoms with E-state index < -0.39 is 17.4 Å². The van der Waals surface area contributed by atoms with Gasteiger partial charge in [-0.25, -0.2) is 4.79 Å². The van der Waals surface area contributed by atoms with Gasteiger partial charge < -0.3 is 15.3 Å². The third-order valence-corrected chi connectivity index (χ3v) is 6.66. The van der Waals surface area contributed by atoms with Crippen LogP contribution in [0.2, 0.25) is 0 Å². The van der Waals surface area contributed by atoms with E-state index in [9.17, 15) is 19.8 Å². The highest BCUT2D eigenvalue weighted by molar-refractivity contribution is 5.82. The van der Waals surface area contributed by atoms with Gasteiger partial charge in [0.05, 0.1) is 0 Å². The minimum atomic E-state index is -0.959. The molecule has 2 bridgehead atoms. The lowest BCUT2D eigenvalue weighted by Crippen LogP contribution is -2.55. The van der Waals surface area contributed by atoms with Gasteiger partial charge in [-0.3, -0.25) is 9.69 Å². The molecule has 1 heterocycles. The van der Waals surface area contributed by atoms with Crippen molar-refractivity contribution in [3.05, 3.63) is 41.0 Å². The average molecular weight is 385 g/mol. The number of piperidine rings is 1. The number of carboxylic acid groups (broad SMARTS) is 2. The van der Waals surface area contributed by atoms with E-state index >= 15 is 0 Å². The predicted octanol–water partition coefficient (Wildman–Crippen LogP) is 2.94. The van der Waals surface area contributed by atoms with Gasteiger partial charge in [0.15, 0.2) is 0 Å². The molecule has 1 saturated heterocycles. The molecular weight excluding hydrogens is 358 g/mol. The first-order valence-corrected chi connectivity index (χ1v) is 10.1. The molecule has 0 radical (unpaired) electrons. The van der Waals surface area contributed by atoms with Crippen LogP contribution in [0.15, 0.2) is 29.8 Å². The first kappa shape index (κ1) is 19.0. The number of benzene rings is 1. The second kappa shape index (κ2) is 7.24. The fraction of sp³-hybridized carbons (Fsp3) is 0.545. The second-order valence-electron chi connectivity index (χ2n) is 8.52. The average Bonchev–Trinajstić information content (AvgIpc) is 3.43. The summed E-state index contributed by atoms with van der Waals surface area (Å²) in [5.74, 6) is -0.911. The van der Waals surface area contributed by atoms with Crippen LogP contribution in [0, 0.1) is 5.92 Å². The molecule has 28 heavy (non-hydrogen) atoms. The number of nitrogens with zero attached hydrogens (tertiary/aromatic N) is 1. The molecule has 1 saturated carbocycles. The first-order chi connectivity index (χ1) is 13.4. The van der Waals surface area contributed by atoms with Crippen molar-refractivity contribution in [2.75, 3.05) is 13.1 Å². The molecule has 2 atom stereocenters. The molecule has 2 fully saturated rings. The Morgan fingerprint density at radius 3 is 2.71 bits per heavy atom. The Morgan fingerprint density at radius 1 is 1.25 bits per heavy atom. The molecule has 4 rings (SSSR count). The van der Waals surface area contributed by atoms with Gasteiger partial charge in [0, 0.05) is 30.5 Å². The molecule has 6 nitrogen and oxygen atoms in total. The van der Waals surface area contributed by atoms with Crippen molar-refractivity contribution in [3.8, 4) is 5.75 Å². The third-order valence-electron chi connectivity index (χ3n) is 6.66. The highest BCUT2D eigenvalue weighted by Gasteiger charge is 2.50. The van der Waals surface area contributed by atoms with Crippen LogP contribution in [0.4, 0.5) is 0 Å². The number of phenols is 1. The highest BCUT2D eigenvalue weighted by Crippen LogP contribution is 2.52. The zero-order valence-electron chi connectivity index (χ0n) is 15.9. The number of fused-ring (bicyclic) bond motifs is 4. The van der Waals surface area contributed by atoms with E-state index in [1.54, 1.807) is 12.1 Å². The van der Waals surface area contributed by atoms with E-state index in [-0.39, 0.29) is 18.2 Å². The van der Waals surface area contributed by atoms with Crippen molar-refractivity contribution >= 4 is 11.9 Å². The second-order valence-corrected chi connectivity index (χ2v) is 8.52. The van der Waals surface area contributed by atoms with E-state index in [1.165, 1.54) is 18.9 Å². The van der Waals surface area contributed by atoms with Crippen LogP contribution in [0.3, 0.4) is 0 Å². The van der Waals surface area contributed by atoms with Gasteiger partial charge in [-0.2, -0.15) is 0 Å². The lowest BCUT2D eigenvalue weighted by molar-refractivity contribution is -0.137. The van der Waals surface area contributed by atoms with Crippen molar-refractivity contribution < 1.29 is 24.9 Å². The molecule has 0 unspecified atom stereocenters. The Balaban J connectivity index is 1.78. The normalized spacial score (nSPS) is 28.1. The Bertz CT molecular complexity index is 828. The maximum absolute atomic E-state index is 11.7. The number of carboxylic acids is 2. The molecule has 3 N–H and O–H groups in total. The van der Waals surface area contributed by atoms with Crippen LogP contribution < -0.4 is 0 Å². The molecule has 0 aromatic heterocycles. The number of hydrogen-bond acceptors (Lipinski definition) is 4. The fourth-order valence-electron chi connectivity index (χ4n) is 5.24. The Hall–Kier alpha value is -2.34. The van der Waals surface area contributed by atoms with Gasteiger partial charge in [0.1, 0.15) is 5.75 Å². The third kappa shape index (κ3) is 3.53. The Morgan fingerprint density at radius 2 is 2.04 bits per heavy atom. The number of aliphatic carboxylic acids is 2. The molecule has 1 aliphatic heterocycles. The summed E-state index contributed by atoms with van der Waals surface area (Å²) in [6.45, 7) is 1.88.